The van der Waals surface area contributed by atoms with Crippen LogP contribution in [0.25, 0.3) is 0 Å². The molecule has 6 nitrogen and oxygen atoms in total. The number of benzene rings is 1. The zero-order valence-corrected chi connectivity index (χ0v) is 11.8. The average molecular weight is 292 g/mol. The summed E-state index contributed by atoms with van der Waals surface area (Å²) in [6.45, 7) is 1.22. The Bertz CT molecular complexity index is 501. The van der Waals surface area contributed by atoms with E-state index in [9.17, 15) is 15.2 Å². The smallest absolute Gasteiger partial charge is 0.269 e. The number of aliphatic hydroxyl groups is 1. The van der Waals surface area contributed by atoms with Gasteiger partial charge in [-0.2, -0.15) is 0 Å². The number of nitro groups is 1. The van der Waals surface area contributed by atoms with Gasteiger partial charge in [0.25, 0.3) is 5.69 Å². The molecule has 3 atom stereocenters. The fourth-order valence-electron chi connectivity index (χ4n) is 2.92. The molecular formula is C15H20N2O4. The third kappa shape index (κ3) is 3.40. The molecule has 1 saturated carbocycles. The first-order valence-electron chi connectivity index (χ1n) is 7.42. The number of nitrogens with one attached hydrogen (secondary N) is 1. The van der Waals surface area contributed by atoms with Crippen molar-refractivity contribution in [2.45, 2.75) is 37.5 Å². The number of nitro benzene ring substituents is 1. The summed E-state index contributed by atoms with van der Waals surface area (Å²) < 4.78 is 5.75. The van der Waals surface area contributed by atoms with Gasteiger partial charge in [0.15, 0.2) is 0 Å². The highest BCUT2D eigenvalue weighted by molar-refractivity contribution is 5.33. The van der Waals surface area contributed by atoms with Gasteiger partial charge in [0.1, 0.15) is 0 Å². The predicted octanol–water partition coefficient (Wildman–Crippen LogP) is 1.79. The Kier molecular flexibility index (Phi) is 4.19. The quantitative estimate of drug-likeness (QED) is 0.617. The van der Waals surface area contributed by atoms with Gasteiger partial charge in [-0.15, -0.1) is 0 Å². The third-order valence-corrected chi connectivity index (χ3v) is 4.28. The molecule has 2 fully saturated rings. The highest BCUT2D eigenvalue weighted by Crippen LogP contribution is 2.38. The van der Waals surface area contributed by atoms with Crippen LogP contribution in [0.5, 0.6) is 0 Å². The lowest BCUT2D eigenvalue weighted by atomic mass is 10.0. The lowest BCUT2D eigenvalue weighted by Crippen LogP contribution is -2.39. The second kappa shape index (κ2) is 6.09. The number of rotatable bonds is 6. The molecule has 3 unspecified atom stereocenters. The molecule has 21 heavy (non-hydrogen) atoms. The molecule has 0 spiro atoms. The number of nitrogens with zero attached hydrogens (tertiary/aromatic N) is 1. The van der Waals surface area contributed by atoms with Crippen molar-refractivity contribution in [3.05, 3.63) is 39.9 Å². The van der Waals surface area contributed by atoms with Crippen LogP contribution in [0, 0.1) is 16.0 Å². The minimum atomic E-state index is -0.661. The van der Waals surface area contributed by atoms with E-state index in [-0.39, 0.29) is 11.8 Å². The molecule has 2 aliphatic rings. The van der Waals surface area contributed by atoms with E-state index in [2.05, 4.69) is 5.32 Å². The number of aliphatic hydroxyl groups excluding tert-OH is 1. The molecule has 0 amide bonds. The van der Waals surface area contributed by atoms with Gasteiger partial charge in [0, 0.05) is 31.3 Å². The molecule has 0 aromatic heterocycles. The van der Waals surface area contributed by atoms with Gasteiger partial charge >= 0.3 is 0 Å². The topological polar surface area (TPSA) is 84.6 Å². The van der Waals surface area contributed by atoms with E-state index in [4.69, 9.17) is 4.74 Å². The first kappa shape index (κ1) is 14.4. The second-order valence-electron chi connectivity index (χ2n) is 5.84. The summed E-state index contributed by atoms with van der Waals surface area (Å²) in [4.78, 5) is 10.2. The molecule has 6 heteroatoms. The van der Waals surface area contributed by atoms with Gasteiger partial charge < -0.3 is 15.2 Å². The largest absolute Gasteiger partial charge is 0.387 e. The fourth-order valence-corrected chi connectivity index (χ4v) is 2.92. The lowest BCUT2D eigenvalue weighted by Gasteiger charge is -2.21. The average Bonchev–Trinajstić information content (AvgIpc) is 3.23. The van der Waals surface area contributed by atoms with E-state index >= 15 is 0 Å². The summed E-state index contributed by atoms with van der Waals surface area (Å²) in [6, 6.07) is 6.36. The Balaban J connectivity index is 1.53. The Labute approximate surface area is 123 Å². The van der Waals surface area contributed by atoms with Gasteiger partial charge in [-0.3, -0.25) is 10.1 Å². The molecule has 2 N–H and O–H groups in total. The van der Waals surface area contributed by atoms with E-state index in [1.165, 1.54) is 25.0 Å². The zero-order valence-electron chi connectivity index (χ0n) is 11.8. The first-order valence-corrected chi connectivity index (χ1v) is 7.42. The summed E-state index contributed by atoms with van der Waals surface area (Å²) in [5.41, 5.74) is 0.729. The van der Waals surface area contributed by atoms with Gasteiger partial charge in [-0.25, -0.2) is 0 Å². The Morgan fingerprint density at radius 2 is 2.05 bits per heavy atom. The van der Waals surface area contributed by atoms with E-state index in [0.717, 1.165) is 13.0 Å². The van der Waals surface area contributed by atoms with Crippen LogP contribution in [-0.2, 0) is 4.74 Å². The van der Waals surface area contributed by atoms with Crippen molar-refractivity contribution < 1.29 is 14.8 Å². The summed E-state index contributed by atoms with van der Waals surface area (Å²) >= 11 is 0. The molecule has 0 radical (unpaired) electrons. The highest BCUT2D eigenvalue weighted by atomic mass is 16.6. The number of hydrogen-bond donors (Lipinski definition) is 2. The Hall–Kier alpha value is -1.50. The Morgan fingerprint density at radius 1 is 1.33 bits per heavy atom. The molecule has 1 aliphatic carbocycles. The Morgan fingerprint density at radius 3 is 2.67 bits per heavy atom. The molecule has 0 bridgehead atoms. The van der Waals surface area contributed by atoms with Crippen LogP contribution in [0.1, 0.15) is 30.9 Å². The standard InChI is InChI=1S/C15H20N2O4/c18-14(10-3-5-12(6-4-10)17(19)20)9-16-13-7-8-21-15(13)11-1-2-11/h3-6,11,13-16,18H,1-2,7-9H2. The molecule has 1 aliphatic heterocycles. The molecule has 1 heterocycles. The van der Waals surface area contributed by atoms with Crippen LogP contribution >= 0.6 is 0 Å². The molecule has 1 saturated heterocycles. The van der Waals surface area contributed by atoms with E-state index in [1.807, 2.05) is 0 Å². The summed E-state index contributed by atoms with van der Waals surface area (Å²) in [7, 11) is 0. The van der Waals surface area contributed by atoms with Crippen molar-refractivity contribution in [1.29, 1.82) is 0 Å². The van der Waals surface area contributed by atoms with Crippen molar-refractivity contribution >= 4 is 5.69 Å². The maximum absolute atomic E-state index is 10.6. The summed E-state index contributed by atoms with van der Waals surface area (Å²) in [5, 5.41) is 24.2. The SMILES string of the molecule is O=[N+]([O-])c1ccc(C(O)CNC2CCOC2C2CC2)cc1. The minimum Gasteiger partial charge on any atom is -0.387 e. The van der Waals surface area contributed by atoms with E-state index in [0.29, 0.717) is 24.1 Å². The van der Waals surface area contributed by atoms with Crippen molar-refractivity contribution in [3.63, 3.8) is 0 Å². The summed E-state index contributed by atoms with van der Waals surface area (Å²) in [5.74, 6) is 0.682. The van der Waals surface area contributed by atoms with Crippen LogP contribution < -0.4 is 5.32 Å². The van der Waals surface area contributed by atoms with E-state index < -0.39 is 11.0 Å². The van der Waals surface area contributed by atoms with Crippen molar-refractivity contribution in [2.24, 2.45) is 5.92 Å². The maximum atomic E-state index is 10.6. The monoisotopic (exact) mass is 292 g/mol. The fraction of sp³-hybridized carbons (Fsp3) is 0.600. The van der Waals surface area contributed by atoms with Gasteiger partial charge in [-0.1, -0.05) is 0 Å². The predicted molar refractivity (Wildman–Crippen MR) is 76.9 cm³/mol. The molecule has 1 aromatic carbocycles. The maximum Gasteiger partial charge on any atom is 0.269 e. The van der Waals surface area contributed by atoms with Crippen molar-refractivity contribution in [2.75, 3.05) is 13.2 Å². The first-order chi connectivity index (χ1) is 10.1. The van der Waals surface area contributed by atoms with Crippen molar-refractivity contribution in [1.82, 2.24) is 5.32 Å². The molecule has 114 valence electrons. The highest BCUT2D eigenvalue weighted by Gasteiger charge is 2.40. The van der Waals surface area contributed by atoms with Gasteiger partial charge in [0.2, 0.25) is 0 Å². The third-order valence-electron chi connectivity index (χ3n) is 4.28. The van der Waals surface area contributed by atoms with E-state index in [1.54, 1.807) is 12.1 Å². The van der Waals surface area contributed by atoms with Crippen LogP contribution in [-0.4, -0.2) is 35.3 Å². The molecule has 3 rings (SSSR count). The van der Waals surface area contributed by atoms with Gasteiger partial charge in [0.05, 0.1) is 17.1 Å². The van der Waals surface area contributed by atoms with Gasteiger partial charge in [-0.05, 0) is 42.9 Å². The summed E-state index contributed by atoms with van der Waals surface area (Å²) in [6.07, 6.45) is 3.09. The normalized spacial score (nSPS) is 26.7. The zero-order chi connectivity index (χ0) is 14.8. The lowest BCUT2D eigenvalue weighted by molar-refractivity contribution is -0.384. The number of hydrogen-bond acceptors (Lipinski definition) is 5. The van der Waals surface area contributed by atoms with Crippen LogP contribution in [0.2, 0.25) is 0 Å². The van der Waals surface area contributed by atoms with Crippen LogP contribution in [0.3, 0.4) is 0 Å². The number of ether oxygens (including phenoxy) is 1. The van der Waals surface area contributed by atoms with Crippen molar-refractivity contribution in [3.8, 4) is 0 Å². The minimum absolute atomic E-state index is 0.0388. The molecule has 1 aromatic rings. The van der Waals surface area contributed by atoms with Crippen LogP contribution in [0.15, 0.2) is 24.3 Å². The second-order valence-corrected chi connectivity index (χ2v) is 5.84. The van der Waals surface area contributed by atoms with Crippen LogP contribution in [0.4, 0.5) is 5.69 Å². The number of non-ortho nitro benzene ring substituents is 1. The molecular weight excluding hydrogens is 272 g/mol.